The van der Waals surface area contributed by atoms with Crippen LogP contribution >= 0.6 is 0 Å². The summed E-state index contributed by atoms with van der Waals surface area (Å²) < 4.78 is 47.8. The first-order valence-electron chi connectivity index (χ1n) is 9.85. The zero-order valence-electron chi connectivity index (χ0n) is 17.0. The summed E-state index contributed by atoms with van der Waals surface area (Å²) in [7, 11) is 0. The Hall–Kier alpha value is -3.23. The summed E-state index contributed by atoms with van der Waals surface area (Å²) in [6.45, 7) is 0.583. The van der Waals surface area contributed by atoms with Crippen molar-refractivity contribution in [2.75, 3.05) is 23.8 Å². The predicted molar refractivity (Wildman–Crippen MR) is 109 cm³/mol. The third-order valence-corrected chi connectivity index (χ3v) is 4.59. The highest BCUT2D eigenvalue weighted by Crippen LogP contribution is 2.29. The fourth-order valence-corrected chi connectivity index (χ4v) is 3.10. The molecule has 9 heteroatoms. The van der Waals surface area contributed by atoms with Gasteiger partial charge in [0.05, 0.1) is 12.3 Å². The van der Waals surface area contributed by atoms with Gasteiger partial charge >= 0.3 is 6.18 Å². The largest absolute Gasteiger partial charge is 0.494 e. The Balaban J connectivity index is 1.47. The molecule has 0 bridgehead atoms. The molecular formula is C22H23F3N2O4. The monoisotopic (exact) mass is 436 g/mol. The molecule has 0 saturated carbocycles. The predicted octanol–water partition coefficient (Wildman–Crippen LogP) is 4.62. The third kappa shape index (κ3) is 6.91. The van der Waals surface area contributed by atoms with Crippen molar-refractivity contribution >= 4 is 23.2 Å². The Kier molecular flexibility index (Phi) is 7.04. The van der Waals surface area contributed by atoms with Crippen molar-refractivity contribution in [1.29, 1.82) is 0 Å². The molecule has 0 saturated heterocycles. The van der Waals surface area contributed by atoms with Gasteiger partial charge in [0.2, 0.25) is 11.8 Å². The van der Waals surface area contributed by atoms with Crippen LogP contribution in [0.2, 0.25) is 0 Å². The van der Waals surface area contributed by atoms with Crippen molar-refractivity contribution in [2.24, 2.45) is 0 Å². The summed E-state index contributed by atoms with van der Waals surface area (Å²) in [6, 6.07) is 10.0. The van der Waals surface area contributed by atoms with E-state index in [2.05, 4.69) is 10.6 Å². The van der Waals surface area contributed by atoms with E-state index in [1.807, 2.05) is 6.07 Å². The highest BCUT2D eigenvalue weighted by atomic mass is 19.4. The van der Waals surface area contributed by atoms with E-state index in [-0.39, 0.29) is 29.7 Å². The second-order valence-electron chi connectivity index (χ2n) is 7.27. The Morgan fingerprint density at radius 2 is 1.94 bits per heavy atom. The van der Waals surface area contributed by atoms with Crippen molar-refractivity contribution < 1.29 is 32.2 Å². The number of benzene rings is 2. The standard InChI is InChI=1S/C22H23F3N2O4/c1-14-4-7-18(19(11-14)31-13-22(23,24)25)27-20(28)3-2-10-30-16-6-8-17-15(12-16)5-9-21(29)26-17/h4,6-8,11-12H,2-3,5,9-10,13H2,1H3,(H,26,29)(H,27,28). The lowest BCUT2D eigenvalue weighted by Crippen LogP contribution is -2.20. The van der Waals surface area contributed by atoms with Gasteiger partial charge in [-0.15, -0.1) is 0 Å². The van der Waals surface area contributed by atoms with Crippen LogP contribution in [-0.4, -0.2) is 31.2 Å². The highest BCUT2D eigenvalue weighted by Gasteiger charge is 2.29. The topological polar surface area (TPSA) is 76.7 Å². The number of halogens is 3. The summed E-state index contributed by atoms with van der Waals surface area (Å²) in [5, 5.41) is 5.39. The van der Waals surface area contributed by atoms with Gasteiger partial charge in [-0.2, -0.15) is 13.2 Å². The lowest BCUT2D eigenvalue weighted by atomic mass is 10.0. The van der Waals surface area contributed by atoms with E-state index < -0.39 is 12.8 Å². The molecule has 6 nitrogen and oxygen atoms in total. The summed E-state index contributed by atoms with van der Waals surface area (Å²) in [6.07, 6.45) is -2.83. The quantitative estimate of drug-likeness (QED) is 0.592. The van der Waals surface area contributed by atoms with Gasteiger partial charge in [-0.05, 0) is 61.2 Å². The zero-order chi connectivity index (χ0) is 22.4. The number of aryl methyl sites for hydroxylation is 2. The molecule has 0 unspecified atom stereocenters. The molecule has 166 valence electrons. The molecule has 1 heterocycles. The number of ether oxygens (including phenoxy) is 2. The van der Waals surface area contributed by atoms with Crippen LogP contribution in [0.25, 0.3) is 0 Å². The summed E-state index contributed by atoms with van der Waals surface area (Å²) >= 11 is 0. The minimum atomic E-state index is -4.47. The van der Waals surface area contributed by atoms with Gasteiger partial charge in [0.25, 0.3) is 0 Å². The van der Waals surface area contributed by atoms with Crippen molar-refractivity contribution in [1.82, 2.24) is 0 Å². The Morgan fingerprint density at radius 3 is 2.71 bits per heavy atom. The van der Waals surface area contributed by atoms with E-state index in [0.717, 1.165) is 11.3 Å². The van der Waals surface area contributed by atoms with E-state index in [1.165, 1.54) is 12.1 Å². The van der Waals surface area contributed by atoms with E-state index >= 15 is 0 Å². The van der Waals surface area contributed by atoms with Crippen LogP contribution in [0.5, 0.6) is 11.5 Å². The molecule has 2 aromatic rings. The van der Waals surface area contributed by atoms with Crippen LogP contribution in [-0.2, 0) is 16.0 Å². The molecule has 0 atom stereocenters. The number of hydrogen-bond acceptors (Lipinski definition) is 4. The van der Waals surface area contributed by atoms with Gasteiger partial charge < -0.3 is 20.1 Å². The van der Waals surface area contributed by atoms with E-state index in [9.17, 15) is 22.8 Å². The van der Waals surface area contributed by atoms with Crippen molar-refractivity contribution in [3.63, 3.8) is 0 Å². The molecular weight excluding hydrogens is 413 g/mol. The number of alkyl halides is 3. The average molecular weight is 436 g/mol. The highest BCUT2D eigenvalue weighted by molar-refractivity contribution is 5.94. The maximum Gasteiger partial charge on any atom is 0.422 e. The number of carbonyl (C=O) groups is 2. The summed E-state index contributed by atoms with van der Waals surface area (Å²) in [5.74, 6) is 0.268. The second kappa shape index (κ2) is 9.72. The first kappa shape index (κ1) is 22.5. The van der Waals surface area contributed by atoms with Gasteiger partial charge in [0, 0.05) is 18.5 Å². The van der Waals surface area contributed by atoms with Crippen molar-refractivity contribution in [3.05, 3.63) is 47.5 Å². The third-order valence-electron chi connectivity index (χ3n) is 4.59. The summed E-state index contributed by atoms with van der Waals surface area (Å²) in [4.78, 5) is 23.6. The molecule has 0 spiro atoms. The number of amides is 2. The van der Waals surface area contributed by atoms with Crippen LogP contribution in [0.4, 0.5) is 24.5 Å². The number of carbonyl (C=O) groups excluding carboxylic acids is 2. The minimum absolute atomic E-state index is 0.00674. The van der Waals surface area contributed by atoms with Gasteiger partial charge in [0.1, 0.15) is 11.5 Å². The molecule has 0 radical (unpaired) electrons. The number of rotatable bonds is 8. The molecule has 3 rings (SSSR count). The van der Waals surface area contributed by atoms with Crippen LogP contribution in [0.1, 0.15) is 30.4 Å². The Labute approximate surface area is 177 Å². The van der Waals surface area contributed by atoms with Crippen LogP contribution in [0.15, 0.2) is 36.4 Å². The maximum absolute atomic E-state index is 12.4. The molecule has 2 N–H and O–H groups in total. The first-order valence-corrected chi connectivity index (χ1v) is 9.85. The van der Waals surface area contributed by atoms with Crippen LogP contribution < -0.4 is 20.1 Å². The number of anilines is 2. The molecule has 0 aromatic heterocycles. The maximum atomic E-state index is 12.4. The molecule has 0 fully saturated rings. The lowest BCUT2D eigenvalue weighted by molar-refractivity contribution is -0.153. The van der Waals surface area contributed by atoms with Crippen LogP contribution in [0.3, 0.4) is 0 Å². The fraction of sp³-hybridized carbons (Fsp3) is 0.364. The van der Waals surface area contributed by atoms with E-state index in [4.69, 9.17) is 9.47 Å². The second-order valence-corrected chi connectivity index (χ2v) is 7.27. The molecule has 1 aliphatic heterocycles. The van der Waals surface area contributed by atoms with E-state index in [1.54, 1.807) is 25.1 Å². The molecule has 2 amide bonds. The lowest BCUT2D eigenvalue weighted by Gasteiger charge is -2.17. The van der Waals surface area contributed by atoms with Gasteiger partial charge in [0.15, 0.2) is 6.61 Å². The number of fused-ring (bicyclic) bond motifs is 1. The SMILES string of the molecule is Cc1ccc(NC(=O)CCCOc2ccc3c(c2)CCC(=O)N3)c(OCC(F)(F)F)c1. The van der Waals surface area contributed by atoms with Crippen LogP contribution in [0, 0.1) is 6.92 Å². The minimum Gasteiger partial charge on any atom is -0.494 e. The Morgan fingerprint density at radius 1 is 1.13 bits per heavy atom. The normalized spacial score (nSPS) is 13.2. The van der Waals surface area contributed by atoms with Crippen molar-refractivity contribution in [2.45, 2.75) is 38.8 Å². The van der Waals surface area contributed by atoms with Gasteiger partial charge in [-0.25, -0.2) is 0 Å². The van der Waals surface area contributed by atoms with Gasteiger partial charge in [-0.3, -0.25) is 9.59 Å². The molecule has 31 heavy (non-hydrogen) atoms. The zero-order valence-corrected chi connectivity index (χ0v) is 17.0. The number of nitrogens with one attached hydrogen (secondary N) is 2. The Bertz CT molecular complexity index is 960. The smallest absolute Gasteiger partial charge is 0.422 e. The van der Waals surface area contributed by atoms with E-state index in [0.29, 0.717) is 37.2 Å². The number of hydrogen-bond donors (Lipinski definition) is 2. The van der Waals surface area contributed by atoms with Crippen molar-refractivity contribution in [3.8, 4) is 11.5 Å². The molecule has 2 aromatic carbocycles. The first-order chi connectivity index (χ1) is 14.7. The summed E-state index contributed by atoms with van der Waals surface area (Å²) in [5.41, 5.74) is 2.69. The van der Waals surface area contributed by atoms with Gasteiger partial charge in [-0.1, -0.05) is 6.07 Å². The molecule has 1 aliphatic rings. The fourth-order valence-electron chi connectivity index (χ4n) is 3.10. The molecule has 0 aliphatic carbocycles. The average Bonchev–Trinajstić information content (AvgIpc) is 2.71.